The van der Waals surface area contributed by atoms with Crippen molar-refractivity contribution in [1.82, 2.24) is 4.90 Å². The topological polar surface area (TPSA) is 40.5 Å². The van der Waals surface area contributed by atoms with Crippen LogP contribution in [0.2, 0.25) is 0 Å². The van der Waals surface area contributed by atoms with Crippen molar-refractivity contribution in [3.63, 3.8) is 0 Å². The van der Waals surface area contributed by atoms with E-state index in [4.69, 9.17) is 5.11 Å². The molecule has 1 aromatic carbocycles. The van der Waals surface area contributed by atoms with Crippen molar-refractivity contribution in [2.24, 2.45) is 0 Å². The lowest BCUT2D eigenvalue weighted by Gasteiger charge is -2.27. The highest BCUT2D eigenvalue weighted by atomic mass is 19.1. The first-order valence-electron chi connectivity index (χ1n) is 6.91. The number of benzene rings is 1. The Bertz CT molecular complexity index is 539. The first-order chi connectivity index (χ1) is 9.72. The van der Waals surface area contributed by atoms with E-state index in [1.54, 1.807) is 4.90 Å². The van der Waals surface area contributed by atoms with Gasteiger partial charge >= 0.3 is 0 Å². The third-order valence-corrected chi connectivity index (χ3v) is 3.32. The molecule has 0 atom stereocenters. The average Bonchev–Trinajstić information content (AvgIpc) is 2.49. The van der Waals surface area contributed by atoms with Gasteiger partial charge < -0.3 is 10.0 Å². The lowest BCUT2D eigenvalue weighted by Crippen LogP contribution is -2.36. The number of likely N-dealkylation sites (tertiary alicyclic amines) is 1. The number of carbonyl (C=O) groups excluding carboxylic acids is 1. The van der Waals surface area contributed by atoms with E-state index in [0.717, 1.165) is 32.4 Å². The molecule has 1 fully saturated rings. The van der Waals surface area contributed by atoms with Crippen LogP contribution >= 0.6 is 0 Å². The van der Waals surface area contributed by atoms with Crippen LogP contribution in [-0.4, -0.2) is 35.6 Å². The second-order valence-corrected chi connectivity index (χ2v) is 4.82. The van der Waals surface area contributed by atoms with E-state index in [2.05, 4.69) is 11.8 Å². The number of hydrogen-bond acceptors (Lipinski definition) is 2. The van der Waals surface area contributed by atoms with Crippen molar-refractivity contribution in [1.29, 1.82) is 0 Å². The molecule has 2 rings (SSSR count). The van der Waals surface area contributed by atoms with Crippen molar-refractivity contribution in [2.75, 3.05) is 19.7 Å². The molecule has 1 aromatic rings. The van der Waals surface area contributed by atoms with Gasteiger partial charge in [-0.05, 0) is 37.5 Å². The van der Waals surface area contributed by atoms with Crippen LogP contribution in [0.5, 0.6) is 0 Å². The molecule has 1 N–H and O–H groups in total. The first kappa shape index (κ1) is 14.5. The zero-order valence-electron chi connectivity index (χ0n) is 11.4. The zero-order valence-corrected chi connectivity index (χ0v) is 11.4. The predicted molar refractivity (Wildman–Crippen MR) is 74.7 cm³/mol. The third kappa shape index (κ3) is 3.58. The minimum atomic E-state index is -0.432. The van der Waals surface area contributed by atoms with Gasteiger partial charge in [-0.15, -0.1) is 0 Å². The van der Waals surface area contributed by atoms with Gasteiger partial charge in [0.05, 0.1) is 12.2 Å². The number of piperidine rings is 1. The van der Waals surface area contributed by atoms with E-state index in [9.17, 15) is 9.18 Å². The molecule has 0 saturated carbocycles. The van der Waals surface area contributed by atoms with E-state index >= 15 is 0 Å². The summed E-state index contributed by atoms with van der Waals surface area (Å²) in [6.07, 6.45) is 3.46. The van der Waals surface area contributed by atoms with E-state index in [-0.39, 0.29) is 12.5 Å². The Morgan fingerprint density at radius 3 is 2.75 bits per heavy atom. The maximum absolute atomic E-state index is 13.4. The van der Waals surface area contributed by atoms with Gasteiger partial charge in [-0.2, -0.15) is 0 Å². The fourth-order valence-corrected chi connectivity index (χ4v) is 2.28. The van der Waals surface area contributed by atoms with Gasteiger partial charge in [0.15, 0.2) is 0 Å². The molecule has 0 radical (unpaired) electrons. The smallest absolute Gasteiger partial charge is 0.255 e. The molecule has 3 nitrogen and oxygen atoms in total. The number of aliphatic hydroxyl groups is 1. The van der Waals surface area contributed by atoms with Crippen molar-refractivity contribution < 1.29 is 14.3 Å². The van der Waals surface area contributed by atoms with Gasteiger partial charge in [0, 0.05) is 25.1 Å². The molecular weight excluding hydrogens is 257 g/mol. The highest BCUT2D eigenvalue weighted by Crippen LogP contribution is 2.17. The zero-order chi connectivity index (χ0) is 14.4. The standard InChI is InChI=1S/C16H18FNO2/c17-14-8-7-13(6-2-5-11-19)15(12-14)16(20)18-9-3-1-4-10-18/h7-8,12,19H,1,3-5,9-11H2. The molecule has 0 aromatic heterocycles. The Kier molecular flexibility index (Phi) is 5.14. The fourth-order valence-electron chi connectivity index (χ4n) is 2.28. The molecule has 1 amide bonds. The highest BCUT2D eigenvalue weighted by Gasteiger charge is 2.20. The highest BCUT2D eigenvalue weighted by molar-refractivity contribution is 5.96. The van der Waals surface area contributed by atoms with Gasteiger partial charge in [-0.3, -0.25) is 4.79 Å². The molecule has 20 heavy (non-hydrogen) atoms. The first-order valence-corrected chi connectivity index (χ1v) is 6.91. The number of rotatable bonds is 2. The third-order valence-electron chi connectivity index (χ3n) is 3.32. The van der Waals surface area contributed by atoms with Crippen LogP contribution in [0.1, 0.15) is 41.6 Å². The van der Waals surface area contributed by atoms with Crippen LogP contribution in [0.25, 0.3) is 0 Å². The molecule has 1 aliphatic rings. The Labute approximate surface area is 118 Å². The Balaban J connectivity index is 2.26. The molecule has 0 aliphatic carbocycles. The van der Waals surface area contributed by atoms with Crippen LogP contribution in [0.15, 0.2) is 18.2 Å². The Morgan fingerprint density at radius 1 is 1.30 bits per heavy atom. The van der Waals surface area contributed by atoms with Gasteiger partial charge in [0.25, 0.3) is 5.91 Å². The van der Waals surface area contributed by atoms with Crippen LogP contribution in [-0.2, 0) is 0 Å². The quantitative estimate of drug-likeness (QED) is 0.840. The van der Waals surface area contributed by atoms with Crippen LogP contribution in [0.4, 0.5) is 4.39 Å². The van der Waals surface area contributed by atoms with Crippen LogP contribution in [0.3, 0.4) is 0 Å². The summed E-state index contributed by atoms with van der Waals surface area (Å²) in [5.74, 6) is 5.03. The SMILES string of the molecule is O=C(c1cc(F)ccc1C#CCCO)N1CCCCC1. The number of nitrogens with zero attached hydrogens (tertiary/aromatic N) is 1. The van der Waals surface area contributed by atoms with Crippen molar-refractivity contribution >= 4 is 5.91 Å². The van der Waals surface area contributed by atoms with Crippen molar-refractivity contribution in [3.8, 4) is 11.8 Å². The van der Waals surface area contributed by atoms with Crippen molar-refractivity contribution in [2.45, 2.75) is 25.7 Å². The number of hydrogen-bond donors (Lipinski definition) is 1. The maximum Gasteiger partial charge on any atom is 0.255 e. The number of aliphatic hydroxyl groups excluding tert-OH is 1. The van der Waals surface area contributed by atoms with Gasteiger partial charge in [-0.25, -0.2) is 4.39 Å². The molecule has 4 heteroatoms. The molecule has 1 saturated heterocycles. The number of halogens is 1. The molecular formula is C16H18FNO2. The summed E-state index contributed by atoms with van der Waals surface area (Å²) in [6, 6.07) is 4.08. The number of carbonyl (C=O) groups is 1. The average molecular weight is 275 g/mol. The summed E-state index contributed by atoms with van der Waals surface area (Å²) in [4.78, 5) is 14.2. The van der Waals surface area contributed by atoms with Crippen LogP contribution < -0.4 is 0 Å². The summed E-state index contributed by atoms with van der Waals surface area (Å²) in [6.45, 7) is 1.42. The largest absolute Gasteiger partial charge is 0.395 e. The second kappa shape index (κ2) is 7.06. The van der Waals surface area contributed by atoms with E-state index < -0.39 is 5.82 Å². The van der Waals surface area contributed by atoms with E-state index in [0.29, 0.717) is 17.5 Å². The van der Waals surface area contributed by atoms with E-state index in [1.165, 1.54) is 18.2 Å². The summed E-state index contributed by atoms with van der Waals surface area (Å²) in [7, 11) is 0. The van der Waals surface area contributed by atoms with Gasteiger partial charge in [0.2, 0.25) is 0 Å². The molecule has 1 aliphatic heterocycles. The summed E-state index contributed by atoms with van der Waals surface area (Å²) < 4.78 is 13.4. The van der Waals surface area contributed by atoms with Crippen molar-refractivity contribution in [3.05, 3.63) is 35.1 Å². The van der Waals surface area contributed by atoms with Gasteiger partial charge in [0.1, 0.15) is 5.82 Å². The maximum atomic E-state index is 13.4. The Hall–Kier alpha value is -1.86. The molecule has 106 valence electrons. The number of amides is 1. The lowest BCUT2D eigenvalue weighted by molar-refractivity contribution is 0.0723. The second-order valence-electron chi connectivity index (χ2n) is 4.82. The van der Waals surface area contributed by atoms with Gasteiger partial charge in [-0.1, -0.05) is 11.8 Å². The van der Waals surface area contributed by atoms with Crippen LogP contribution in [0, 0.1) is 17.7 Å². The molecule has 1 heterocycles. The molecule has 0 unspecified atom stereocenters. The Morgan fingerprint density at radius 2 is 2.05 bits per heavy atom. The van der Waals surface area contributed by atoms with E-state index in [1.807, 2.05) is 0 Å². The minimum Gasteiger partial charge on any atom is -0.395 e. The molecule has 0 bridgehead atoms. The fraction of sp³-hybridized carbons (Fsp3) is 0.438. The summed E-state index contributed by atoms with van der Waals surface area (Å²) >= 11 is 0. The summed E-state index contributed by atoms with van der Waals surface area (Å²) in [5.41, 5.74) is 0.841. The monoisotopic (exact) mass is 275 g/mol. The lowest BCUT2D eigenvalue weighted by atomic mass is 10.0. The molecule has 0 spiro atoms. The summed E-state index contributed by atoms with van der Waals surface area (Å²) in [5, 5.41) is 8.73. The predicted octanol–water partition coefficient (Wildman–Crippen LogP) is 2.19. The normalized spacial score (nSPS) is 14.6. The minimum absolute atomic E-state index is 0.0242.